The predicted octanol–water partition coefficient (Wildman–Crippen LogP) is 5.44. The second kappa shape index (κ2) is 12.8. The molecule has 5 heteroatoms. The molecule has 2 rings (SSSR count). The fourth-order valence-electron chi connectivity index (χ4n) is 2.61. The van der Waals surface area contributed by atoms with Gasteiger partial charge in [0.05, 0.1) is 13.2 Å². The van der Waals surface area contributed by atoms with E-state index in [0.29, 0.717) is 13.2 Å². The topological polar surface area (TPSA) is 46.6 Å². The van der Waals surface area contributed by atoms with E-state index in [1.807, 2.05) is 68.6 Å². The molecule has 0 fully saturated rings. The van der Waals surface area contributed by atoms with Gasteiger partial charge in [-0.15, -0.1) is 11.8 Å². The summed E-state index contributed by atoms with van der Waals surface area (Å²) in [5.41, 5.74) is 2.07. The van der Waals surface area contributed by atoms with Crippen molar-refractivity contribution in [2.24, 2.45) is 0 Å². The van der Waals surface area contributed by atoms with E-state index in [-0.39, 0.29) is 12.3 Å². The lowest BCUT2D eigenvalue weighted by atomic mass is 10.2. The summed E-state index contributed by atoms with van der Waals surface area (Å²) in [6.45, 7) is 4.82. The van der Waals surface area contributed by atoms with E-state index >= 15 is 0 Å². The molecular weight excluding hydrogens is 382 g/mol. The summed E-state index contributed by atoms with van der Waals surface area (Å²) >= 11 is 1.72. The van der Waals surface area contributed by atoms with Gasteiger partial charge in [0.2, 0.25) is 5.91 Å². The Balaban J connectivity index is 2.03. The van der Waals surface area contributed by atoms with Crippen LogP contribution >= 0.6 is 11.8 Å². The number of hydrogen-bond acceptors (Lipinski definition) is 4. The lowest BCUT2D eigenvalue weighted by molar-refractivity contribution is -0.148. The Morgan fingerprint density at radius 2 is 1.69 bits per heavy atom. The van der Waals surface area contributed by atoms with Crippen LogP contribution in [0, 0.1) is 0 Å². The fraction of sp³-hybridized carbons (Fsp3) is 0.333. The molecule has 0 unspecified atom stereocenters. The Kier molecular flexibility index (Phi) is 10.1. The van der Waals surface area contributed by atoms with Gasteiger partial charge >= 0.3 is 5.97 Å². The Hall–Kier alpha value is -2.53. The van der Waals surface area contributed by atoms with Gasteiger partial charge in [-0.2, -0.15) is 0 Å². The molecule has 4 nitrogen and oxygen atoms in total. The van der Waals surface area contributed by atoms with Crippen molar-refractivity contribution >= 4 is 23.6 Å². The van der Waals surface area contributed by atoms with Crippen molar-refractivity contribution in [2.45, 2.75) is 44.6 Å². The van der Waals surface area contributed by atoms with Crippen LogP contribution < -0.4 is 0 Å². The molecule has 0 aliphatic carbocycles. The molecule has 0 heterocycles. The van der Waals surface area contributed by atoms with Gasteiger partial charge in [-0.1, -0.05) is 61.9 Å². The number of rotatable bonds is 11. The first-order chi connectivity index (χ1) is 14.1. The van der Waals surface area contributed by atoms with E-state index in [1.54, 1.807) is 16.7 Å². The van der Waals surface area contributed by atoms with Crippen molar-refractivity contribution in [1.82, 2.24) is 4.90 Å². The highest BCUT2D eigenvalue weighted by Crippen LogP contribution is 2.20. The van der Waals surface area contributed by atoms with Crippen LogP contribution in [0.1, 0.15) is 38.7 Å². The first-order valence-electron chi connectivity index (χ1n) is 9.92. The number of amides is 1. The molecule has 0 atom stereocenters. The number of carbonyl (C=O) groups excluding carboxylic acids is 2. The number of benzene rings is 2. The molecule has 0 bridgehead atoms. The lowest BCUT2D eigenvalue weighted by Crippen LogP contribution is -2.28. The molecule has 0 aromatic heterocycles. The number of ether oxygens (including phenoxy) is 1. The standard InChI is InChI=1S/C24H29NO3S/c1-3-4-15-28-24(27)16-23(26)25(18-21-11-7-5-8-12-21)17-20(2)19-29-22-13-9-6-10-14-22/h5-14,17H,3-4,15-16,18-19H2,1-2H3/b20-17+. The van der Waals surface area contributed by atoms with E-state index < -0.39 is 5.97 Å². The number of thioether (sulfide) groups is 1. The van der Waals surface area contributed by atoms with Crippen molar-refractivity contribution in [1.29, 1.82) is 0 Å². The SMILES string of the molecule is CCCCOC(=O)CC(=O)N(/C=C(\C)CSc1ccccc1)Cc1ccccc1. The summed E-state index contributed by atoms with van der Waals surface area (Å²) in [5, 5.41) is 0. The van der Waals surface area contributed by atoms with Gasteiger partial charge in [0, 0.05) is 16.8 Å². The predicted molar refractivity (Wildman–Crippen MR) is 118 cm³/mol. The van der Waals surface area contributed by atoms with Crippen LogP contribution in [-0.4, -0.2) is 29.1 Å². The molecule has 0 spiro atoms. The minimum Gasteiger partial charge on any atom is -0.465 e. The second-order valence-electron chi connectivity index (χ2n) is 6.84. The van der Waals surface area contributed by atoms with Gasteiger partial charge in [-0.3, -0.25) is 9.59 Å². The third kappa shape index (κ3) is 9.01. The van der Waals surface area contributed by atoms with Gasteiger partial charge in [-0.05, 0) is 36.6 Å². The summed E-state index contributed by atoms with van der Waals surface area (Å²) in [4.78, 5) is 27.6. The highest BCUT2D eigenvalue weighted by Gasteiger charge is 2.17. The minimum absolute atomic E-state index is 0.244. The Morgan fingerprint density at radius 3 is 2.34 bits per heavy atom. The molecular formula is C24H29NO3S. The Bertz CT molecular complexity index is 790. The summed E-state index contributed by atoms with van der Waals surface area (Å²) in [5.74, 6) is 0.0504. The minimum atomic E-state index is -0.466. The number of esters is 1. The second-order valence-corrected chi connectivity index (χ2v) is 7.88. The molecule has 0 aliphatic rings. The molecule has 2 aromatic rings. The highest BCUT2D eigenvalue weighted by molar-refractivity contribution is 7.99. The normalized spacial score (nSPS) is 11.2. The van der Waals surface area contributed by atoms with Gasteiger partial charge < -0.3 is 9.64 Å². The van der Waals surface area contributed by atoms with E-state index in [9.17, 15) is 9.59 Å². The quantitative estimate of drug-likeness (QED) is 0.214. The van der Waals surface area contributed by atoms with Crippen molar-refractivity contribution in [3.8, 4) is 0 Å². The summed E-state index contributed by atoms with van der Waals surface area (Å²) in [7, 11) is 0. The zero-order valence-corrected chi connectivity index (χ0v) is 18.0. The largest absolute Gasteiger partial charge is 0.465 e. The molecule has 0 saturated carbocycles. The van der Waals surface area contributed by atoms with E-state index in [1.165, 1.54) is 4.90 Å². The number of hydrogen-bond donors (Lipinski definition) is 0. The smallest absolute Gasteiger partial charge is 0.315 e. The molecule has 29 heavy (non-hydrogen) atoms. The molecule has 0 radical (unpaired) electrons. The molecule has 1 amide bonds. The van der Waals surface area contributed by atoms with Crippen LogP contribution in [-0.2, 0) is 20.9 Å². The first kappa shape index (κ1) is 22.8. The van der Waals surface area contributed by atoms with Crippen molar-refractivity contribution in [2.75, 3.05) is 12.4 Å². The van der Waals surface area contributed by atoms with E-state index in [0.717, 1.165) is 29.7 Å². The van der Waals surface area contributed by atoms with E-state index in [2.05, 4.69) is 12.1 Å². The average Bonchev–Trinajstić information content (AvgIpc) is 2.73. The third-order valence-electron chi connectivity index (χ3n) is 4.16. The third-order valence-corrected chi connectivity index (χ3v) is 5.36. The fourth-order valence-corrected chi connectivity index (χ4v) is 3.43. The van der Waals surface area contributed by atoms with Crippen molar-refractivity contribution in [3.63, 3.8) is 0 Å². The van der Waals surface area contributed by atoms with Crippen molar-refractivity contribution in [3.05, 3.63) is 78.0 Å². The van der Waals surface area contributed by atoms with Crippen molar-refractivity contribution < 1.29 is 14.3 Å². The number of nitrogens with zero attached hydrogens (tertiary/aromatic N) is 1. The summed E-state index contributed by atoms with van der Waals surface area (Å²) in [6.07, 6.45) is 3.36. The average molecular weight is 412 g/mol. The molecule has 154 valence electrons. The van der Waals surface area contributed by atoms with Crippen LogP contribution in [0.4, 0.5) is 0 Å². The Labute approximate surface area is 177 Å². The summed E-state index contributed by atoms with van der Waals surface area (Å²) in [6, 6.07) is 19.9. The maximum atomic E-state index is 12.8. The molecule has 0 aliphatic heterocycles. The van der Waals surface area contributed by atoms with E-state index in [4.69, 9.17) is 4.74 Å². The molecule has 2 aromatic carbocycles. The zero-order chi connectivity index (χ0) is 20.9. The first-order valence-corrected chi connectivity index (χ1v) is 10.9. The maximum absolute atomic E-state index is 12.8. The van der Waals surface area contributed by atoms with Crippen LogP contribution in [0.25, 0.3) is 0 Å². The summed E-state index contributed by atoms with van der Waals surface area (Å²) < 4.78 is 5.15. The zero-order valence-electron chi connectivity index (χ0n) is 17.2. The highest BCUT2D eigenvalue weighted by atomic mass is 32.2. The van der Waals surface area contributed by atoms with Gasteiger partial charge in [0.25, 0.3) is 0 Å². The number of unbranched alkanes of at least 4 members (excludes halogenated alkanes) is 1. The van der Waals surface area contributed by atoms with Gasteiger partial charge in [-0.25, -0.2) is 0 Å². The van der Waals surface area contributed by atoms with Crippen LogP contribution in [0.5, 0.6) is 0 Å². The van der Waals surface area contributed by atoms with Gasteiger partial charge in [0.1, 0.15) is 6.42 Å². The monoisotopic (exact) mass is 411 g/mol. The van der Waals surface area contributed by atoms with Crippen LogP contribution in [0.15, 0.2) is 77.3 Å². The Morgan fingerprint density at radius 1 is 1.03 bits per heavy atom. The molecule has 0 N–H and O–H groups in total. The van der Waals surface area contributed by atoms with Gasteiger partial charge in [0.15, 0.2) is 0 Å². The van der Waals surface area contributed by atoms with Crippen LogP contribution in [0.2, 0.25) is 0 Å². The lowest BCUT2D eigenvalue weighted by Gasteiger charge is -2.20. The molecule has 0 saturated heterocycles. The number of carbonyl (C=O) groups is 2. The van der Waals surface area contributed by atoms with Crippen LogP contribution in [0.3, 0.4) is 0 Å². The maximum Gasteiger partial charge on any atom is 0.315 e.